The number of likely N-dealkylation sites (tertiary alicyclic amines) is 1. The van der Waals surface area contributed by atoms with E-state index in [4.69, 9.17) is 9.47 Å². The highest BCUT2D eigenvalue weighted by Gasteiger charge is 2.30. The number of ether oxygens (including phenoxy) is 2. The molecule has 120 valence electrons. The molecule has 1 fully saturated rings. The van der Waals surface area contributed by atoms with Crippen molar-refractivity contribution in [2.45, 2.75) is 31.9 Å². The highest BCUT2D eigenvalue weighted by molar-refractivity contribution is 7.07. The first-order valence-electron chi connectivity index (χ1n) is 7.34. The van der Waals surface area contributed by atoms with Crippen molar-refractivity contribution in [2.75, 3.05) is 19.8 Å². The van der Waals surface area contributed by atoms with Crippen molar-refractivity contribution in [1.82, 2.24) is 4.90 Å². The normalized spacial score (nSPS) is 19.0. The summed E-state index contributed by atoms with van der Waals surface area (Å²) in [6.07, 6.45) is 2.79. The highest BCUT2D eigenvalue weighted by atomic mass is 32.1. The first kappa shape index (κ1) is 16.7. The Morgan fingerprint density at radius 2 is 2.41 bits per heavy atom. The fraction of sp³-hybridized carbons (Fsp3) is 0.500. The first-order valence-corrected chi connectivity index (χ1v) is 8.28. The number of carbonyl (C=O) groups excluding carboxylic acids is 2. The monoisotopic (exact) mass is 323 g/mol. The molecule has 1 aliphatic rings. The van der Waals surface area contributed by atoms with Crippen LogP contribution in [0.1, 0.15) is 31.4 Å². The van der Waals surface area contributed by atoms with Gasteiger partial charge in [0.1, 0.15) is 0 Å². The summed E-state index contributed by atoms with van der Waals surface area (Å²) in [5, 5.41) is 4.07. The summed E-state index contributed by atoms with van der Waals surface area (Å²) >= 11 is 1.62. The van der Waals surface area contributed by atoms with E-state index < -0.39 is 12.1 Å². The Kier molecular flexibility index (Phi) is 6.15. The van der Waals surface area contributed by atoms with Gasteiger partial charge >= 0.3 is 5.97 Å². The van der Waals surface area contributed by atoms with Crippen LogP contribution in [0.2, 0.25) is 0 Å². The molecule has 0 aliphatic carbocycles. The summed E-state index contributed by atoms with van der Waals surface area (Å²) in [7, 11) is 0. The largest absolute Gasteiger partial charge is 0.454 e. The molecule has 1 aromatic rings. The molecule has 6 heteroatoms. The van der Waals surface area contributed by atoms with E-state index in [0.717, 1.165) is 18.4 Å². The maximum atomic E-state index is 12.3. The number of esters is 1. The van der Waals surface area contributed by atoms with E-state index in [1.54, 1.807) is 29.2 Å². The lowest BCUT2D eigenvalue weighted by Gasteiger charge is -2.24. The number of carbonyl (C=O) groups is 2. The van der Waals surface area contributed by atoms with E-state index in [1.165, 1.54) is 0 Å². The van der Waals surface area contributed by atoms with Gasteiger partial charge in [0.05, 0.1) is 12.6 Å². The summed E-state index contributed by atoms with van der Waals surface area (Å²) in [4.78, 5) is 25.8. The van der Waals surface area contributed by atoms with Crippen LogP contribution in [0, 0.1) is 0 Å². The average molecular weight is 323 g/mol. The number of rotatable bonds is 7. The minimum atomic E-state index is -0.697. The molecule has 1 amide bonds. The van der Waals surface area contributed by atoms with Crippen molar-refractivity contribution in [2.24, 2.45) is 0 Å². The van der Waals surface area contributed by atoms with E-state index in [2.05, 4.69) is 12.0 Å². The molecule has 22 heavy (non-hydrogen) atoms. The van der Waals surface area contributed by atoms with E-state index in [0.29, 0.717) is 6.54 Å². The highest BCUT2D eigenvalue weighted by Crippen LogP contribution is 2.32. The van der Waals surface area contributed by atoms with Crippen LogP contribution in [0.4, 0.5) is 0 Å². The average Bonchev–Trinajstić information content (AvgIpc) is 3.19. The van der Waals surface area contributed by atoms with Crippen molar-refractivity contribution in [3.63, 3.8) is 0 Å². The van der Waals surface area contributed by atoms with Gasteiger partial charge in [0, 0.05) is 6.54 Å². The van der Waals surface area contributed by atoms with Crippen LogP contribution in [-0.4, -0.2) is 42.6 Å². The number of hydrogen-bond donors (Lipinski definition) is 0. The molecule has 2 heterocycles. The smallest absolute Gasteiger partial charge is 0.335 e. The van der Waals surface area contributed by atoms with Gasteiger partial charge in [-0.3, -0.25) is 4.79 Å². The topological polar surface area (TPSA) is 55.8 Å². The molecule has 0 aromatic carbocycles. The predicted octanol–water partition coefficient (Wildman–Crippen LogP) is 2.55. The zero-order chi connectivity index (χ0) is 15.9. The standard InChI is InChI=1S/C16H21NO4S/c1-3-8-20-12(2)16(19)21-10-15(18)17-7-4-5-14(17)13-6-9-22-11-13/h3,6,9,11-12,14H,1,4-5,7-8,10H2,2H3. The number of hydrogen-bond acceptors (Lipinski definition) is 5. The summed E-state index contributed by atoms with van der Waals surface area (Å²) in [6.45, 7) is 5.86. The molecule has 1 aromatic heterocycles. The zero-order valence-electron chi connectivity index (χ0n) is 12.7. The van der Waals surface area contributed by atoms with Crippen LogP contribution in [0.15, 0.2) is 29.5 Å². The van der Waals surface area contributed by atoms with Gasteiger partial charge in [-0.2, -0.15) is 11.3 Å². The molecule has 2 atom stereocenters. The van der Waals surface area contributed by atoms with Crippen LogP contribution in [-0.2, 0) is 19.1 Å². The second-order valence-electron chi connectivity index (χ2n) is 5.17. The lowest BCUT2D eigenvalue weighted by Crippen LogP contribution is -2.35. The maximum Gasteiger partial charge on any atom is 0.335 e. The Morgan fingerprint density at radius 1 is 1.59 bits per heavy atom. The lowest BCUT2D eigenvalue weighted by atomic mass is 10.1. The second kappa shape index (κ2) is 8.10. The number of nitrogens with zero attached hydrogens (tertiary/aromatic N) is 1. The molecule has 0 radical (unpaired) electrons. The molecule has 2 rings (SSSR count). The SMILES string of the molecule is C=CCOC(C)C(=O)OCC(=O)N1CCCC1c1ccsc1. The number of amides is 1. The van der Waals surface area contributed by atoms with E-state index in [-0.39, 0.29) is 25.2 Å². The Bertz CT molecular complexity index is 514. The summed E-state index contributed by atoms with van der Waals surface area (Å²) in [6, 6.07) is 2.14. The van der Waals surface area contributed by atoms with E-state index in [1.807, 2.05) is 11.4 Å². The van der Waals surface area contributed by atoms with E-state index >= 15 is 0 Å². The maximum absolute atomic E-state index is 12.3. The van der Waals surface area contributed by atoms with Crippen molar-refractivity contribution < 1.29 is 19.1 Å². The van der Waals surface area contributed by atoms with E-state index in [9.17, 15) is 9.59 Å². The van der Waals surface area contributed by atoms with Gasteiger partial charge in [0.15, 0.2) is 12.7 Å². The first-order chi connectivity index (χ1) is 10.6. The number of thiophene rings is 1. The van der Waals surface area contributed by atoms with Gasteiger partial charge in [-0.25, -0.2) is 4.79 Å². The van der Waals surface area contributed by atoms with Gasteiger partial charge in [-0.05, 0) is 42.2 Å². The summed E-state index contributed by atoms with van der Waals surface area (Å²) < 4.78 is 10.2. The molecule has 5 nitrogen and oxygen atoms in total. The minimum Gasteiger partial charge on any atom is -0.454 e. The van der Waals surface area contributed by atoms with Crippen molar-refractivity contribution in [3.8, 4) is 0 Å². The lowest BCUT2D eigenvalue weighted by molar-refractivity contribution is -0.160. The molecule has 0 saturated carbocycles. The van der Waals surface area contributed by atoms with Crippen LogP contribution in [0.25, 0.3) is 0 Å². The van der Waals surface area contributed by atoms with Gasteiger partial charge < -0.3 is 14.4 Å². The van der Waals surface area contributed by atoms with Crippen LogP contribution < -0.4 is 0 Å². The van der Waals surface area contributed by atoms with Crippen molar-refractivity contribution in [1.29, 1.82) is 0 Å². The van der Waals surface area contributed by atoms with Crippen LogP contribution in [0.3, 0.4) is 0 Å². The molecule has 1 aliphatic heterocycles. The quantitative estimate of drug-likeness (QED) is 0.571. The zero-order valence-corrected chi connectivity index (χ0v) is 13.5. The third kappa shape index (κ3) is 4.18. The Hall–Kier alpha value is -1.66. The Balaban J connectivity index is 1.84. The predicted molar refractivity (Wildman–Crippen MR) is 84.6 cm³/mol. The molecule has 0 spiro atoms. The summed E-state index contributed by atoms with van der Waals surface area (Å²) in [5.41, 5.74) is 1.16. The van der Waals surface area contributed by atoms with Gasteiger partial charge in [-0.15, -0.1) is 6.58 Å². The Labute approximate surface area is 134 Å². The van der Waals surface area contributed by atoms with Gasteiger partial charge in [-0.1, -0.05) is 6.08 Å². The minimum absolute atomic E-state index is 0.104. The van der Waals surface area contributed by atoms with Crippen molar-refractivity contribution in [3.05, 3.63) is 35.0 Å². The van der Waals surface area contributed by atoms with Crippen molar-refractivity contribution >= 4 is 23.2 Å². The molecule has 0 N–H and O–H groups in total. The van der Waals surface area contributed by atoms with Crippen LogP contribution >= 0.6 is 11.3 Å². The van der Waals surface area contributed by atoms with Gasteiger partial charge in [0.25, 0.3) is 5.91 Å². The fourth-order valence-corrected chi connectivity index (χ4v) is 3.20. The molecular weight excluding hydrogens is 302 g/mol. The third-order valence-electron chi connectivity index (χ3n) is 3.64. The molecular formula is C16H21NO4S. The van der Waals surface area contributed by atoms with Crippen LogP contribution in [0.5, 0.6) is 0 Å². The molecule has 0 bridgehead atoms. The third-order valence-corrected chi connectivity index (χ3v) is 4.34. The van der Waals surface area contributed by atoms with Gasteiger partial charge in [0.2, 0.25) is 0 Å². The fourth-order valence-electron chi connectivity index (χ4n) is 2.49. The Morgan fingerprint density at radius 3 is 3.09 bits per heavy atom. The molecule has 1 saturated heterocycles. The summed E-state index contributed by atoms with van der Waals surface area (Å²) in [5.74, 6) is -0.681. The second-order valence-corrected chi connectivity index (χ2v) is 5.95. The molecule has 2 unspecified atom stereocenters.